The molecule has 1 aliphatic heterocycles. The molecule has 0 unspecified atom stereocenters. The monoisotopic (exact) mass is 390 g/mol. The van der Waals surface area contributed by atoms with E-state index in [1.54, 1.807) is 0 Å². The van der Waals surface area contributed by atoms with Gasteiger partial charge in [0.1, 0.15) is 10.7 Å². The van der Waals surface area contributed by atoms with Crippen LogP contribution >= 0.6 is 23.2 Å². The van der Waals surface area contributed by atoms with Gasteiger partial charge in [0, 0.05) is 6.26 Å². The summed E-state index contributed by atoms with van der Waals surface area (Å²) in [5, 5.41) is 1.10. The Bertz CT molecular complexity index is 772. The highest BCUT2D eigenvalue weighted by Crippen LogP contribution is 2.42. The number of alkyl halides is 3. The van der Waals surface area contributed by atoms with Crippen molar-refractivity contribution in [2.75, 3.05) is 17.8 Å². The van der Waals surface area contributed by atoms with Crippen LogP contribution in [0.4, 0.5) is 18.9 Å². The van der Waals surface area contributed by atoms with Gasteiger partial charge < -0.3 is 5.73 Å². The first-order valence-corrected chi connectivity index (χ1v) is 8.56. The van der Waals surface area contributed by atoms with Gasteiger partial charge in [-0.15, -0.1) is 5.12 Å². The predicted molar refractivity (Wildman–Crippen MR) is 80.9 cm³/mol. The second-order valence-corrected chi connectivity index (χ2v) is 7.63. The van der Waals surface area contributed by atoms with E-state index in [1.807, 2.05) is 0 Å². The number of nitrogens with zero attached hydrogens (tertiary/aromatic N) is 2. The van der Waals surface area contributed by atoms with Crippen molar-refractivity contribution in [1.82, 2.24) is 5.12 Å². The molecule has 0 amide bonds. The third-order valence-corrected chi connectivity index (χ3v) is 4.89. The normalized spacial score (nSPS) is 17.3. The van der Waals surface area contributed by atoms with Crippen molar-refractivity contribution >= 4 is 38.7 Å². The molecule has 0 bridgehead atoms. The van der Waals surface area contributed by atoms with Crippen LogP contribution < -0.4 is 16.6 Å². The minimum atomic E-state index is -4.64. The molecule has 0 aromatic heterocycles. The van der Waals surface area contributed by atoms with Crippen LogP contribution in [-0.2, 0) is 16.0 Å². The van der Waals surface area contributed by atoms with Crippen molar-refractivity contribution in [3.8, 4) is 0 Å². The van der Waals surface area contributed by atoms with E-state index in [1.165, 1.54) is 0 Å². The van der Waals surface area contributed by atoms with Crippen LogP contribution in [-0.4, -0.2) is 26.3 Å². The molecule has 0 spiro atoms. The van der Waals surface area contributed by atoms with Gasteiger partial charge in [-0.25, -0.2) is 19.3 Å². The van der Waals surface area contributed by atoms with Crippen LogP contribution in [0, 0.1) is 0 Å². The van der Waals surface area contributed by atoms with Crippen molar-refractivity contribution < 1.29 is 21.6 Å². The molecule has 2 rings (SSSR count). The lowest BCUT2D eigenvalue weighted by Crippen LogP contribution is -2.44. The van der Waals surface area contributed by atoms with Crippen molar-refractivity contribution in [1.29, 1.82) is 0 Å². The highest BCUT2D eigenvalue weighted by Gasteiger charge is 2.37. The first-order valence-electron chi connectivity index (χ1n) is 5.91. The summed E-state index contributed by atoms with van der Waals surface area (Å²) in [5.74, 6) is 5.40. The number of rotatable bonds is 2. The van der Waals surface area contributed by atoms with Gasteiger partial charge in [0.2, 0.25) is 0 Å². The lowest BCUT2D eigenvalue weighted by atomic mass is 10.2. The van der Waals surface area contributed by atoms with Crippen LogP contribution in [0.3, 0.4) is 0 Å². The van der Waals surface area contributed by atoms with Gasteiger partial charge >= 0.3 is 6.18 Å². The molecule has 6 nitrogen and oxygen atoms in total. The van der Waals surface area contributed by atoms with Gasteiger partial charge in [-0.1, -0.05) is 23.2 Å². The Balaban J connectivity index is 2.61. The van der Waals surface area contributed by atoms with E-state index in [4.69, 9.17) is 34.8 Å². The van der Waals surface area contributed by atoms with E-state index >= 15 is 0 Å². The molecule has 4 N–H and O–H groups in total. The van der Waals surface area contributed by atoms with E-state index in [0.29, 0.717) is 12.1 Å². The zero-order chi connectivity index (χ0) is 17.7. The summed E-state index contributed by atoms with van der Waals surface area (Å²) in [6.07, 6.45) is -3.71. The Kier molecular flexibility index (Phi) is 4.50. The van der Waals surface area contributed by atoms with Gasteiger partial charge in [0.05, 0.1) is 27.8 Å². The Hall–Kier alpha value is -1.20. The largest absolute Gasteiger partial charge is 0.416 e. The molecule has 0 radical (unpaired) electrons. The molecule has 0 atom stereocenters. The maximum atomic E-state index is 12.7. The molecular formula is C11H11Cl2F3N4O2S. The Morgan fingerprint density at radius 1 is 1.22 bits per heavy atom. The second kappa shape index (κ2) is 5.71. The zero-order valence-electron chi connectivity index (χ0n) is 11.5. The summed E-state index contributed by atoms with van der Waals surface area (Å²) in [4.78, 5) is -0.188. The van der Waals surface area contributed by atoms with E-state index < -0.39 is 21.6 Å². The van der Waals surface area contributed by atoms with Gasteiger partial charge in [-0.2, -0.15) is 13.2 Å². The Morgan fingerprint density at radius 2 is 1.70 bits per heavy atom. The average molecular weight is 391 g/mol. The Morgan fingerprint density at radius 3 is 2.04 bits per heavy atom. The van der Waals surface area contributed by atoms with Gasteiger partial charge in [0.15, 0.2) is 9.84 Å². The van der Waals surface area contributed by atoms with Crippen LogP contribution in [0.1, 0.15) is 5.56 Å². The molecule has 1 heterocycles. The van der Waals surface area contributed by atoms with Crippen molar-refractivity contribution in [2.45, 2.75) is 6.18 Å². The smallest absolute Gasteiger partial charge is 0.383 e. The first-order chi connectivity index (χ1) is 10.3. The molecule has 1 aliphatic rings. The number of hydrogen-bond acceptors (Lipinski definition) is 6. The van der Waals surface area contributed by atoms with E-state index in [9.17, 15) is 21.6 Å². The van der Waals surface area contributed by atoms with Gasteiger partial charge in [-0.05, 0) is 12.1 Å². The third-order valence-electron chi connectivity index (χ3n) is 3.08. The molecule has 23 heavy (non-hydrogen) atoms. The van der Waals surface area contributed by atoms with Crippen LogP contribution in [0.15, 0.2) is 22.9 Å². The van der Waals surface area contributed by atoms with Gasteiger partial charge in [-0.3, -0.25) is 0 Å². The number of benzene rings is 1. The fraction of sp³-hybridized carbons (Fsp3) is 0.273. The lowest BCUT2D eigenvalue weighted by Gasteiger charge is -2.28. The van der Waals surface area contributed by atoms with Crippen molar-refractivity contribution in [3.63, 3.8) is 0 Å². The van der Waals surface area contributed by atoms with Crippen molar-refractivity contribution in [2.24, 2.45) is 11.6 Å². The van der Waals surface area contributed by atoms with E-state index in [0.717, 1.165) is 16.4 Å². The quantitative estimate of drug-likeness (QED) is 0.751. The molecule has 0 aliphatic carbocycles. The number of nitrogens with two attached hydrogens (primary N) is 2. The number of halogens is 5. The maximum absolute atomic E-state index is 12.7. The summed E-state index contributed by atoms with van der Waals surface area (Å²) in [6.45, 7) is -0.266. The molecule has 1 aromatic rings. The topological polar surface area (TPSA) is 92.7 Å². The number of anilines is 1. The average Bonchev–Trinajstić information content (AvgIpc) is 2.64. The summed E-state index contributed by atoms with van der Waals surface area (Å²) in [7, 11) is -3.66. The summed E-state index contributed by atoms with van der Waals surface area (Å²) < 4.78 is 61.6. The molecule has 0 saturated heterocycles. The molecule has 12 heteroatoms. The van der Waals surface area contributed by atoms with Crippen LogP contribution in [0.2, 0.25) is 10.0 Å². The fourth-order valence-electron chi connectivity index (χ4n) is 2.04. The fourth-order valence-corrected chi connectivity index (χ4v) is 3.52. The van der Waals surface area contributed by atoms with E-state index in [2.05, 4.69) is 0 Å². The first kappa shape index (κ1) is 18.1. The Labute approximate surface area is 139 Å². The van der Waals surface area contributed by atoms with E-state index in [-0.39, 0.29) is 33.0 Å². The predicted octanol–water partition coefficient (Wildman–Crippen LogP) is 2.10. The lowest BCUT2D eigenvalue weighted by molar-refractivity contribution is -0.137. The number of hydrogen-bond donors (Lipinski definition) is 2. The minimum absolute atomic E-state index is 0.139. The molecule has 128 valence electrons. The number of hydrazine groups is 2. The molecule has 0 saturated carbocycles. The van der Waals surface area contributed by atoms with Crippen LogP contribution in [0.5, 0.6) is 0 Å². The zero-order valence-corrected chi connectivity index (χ0v) is 13.9. The maximum Gasteiger partial charge on any atom is 0.416 e. The highest BCUT2D eigenvalue weighted by molar-refractivity contribution is 7.94. The van der Waals surface area contributed by atoms with Crippen molar-refractivity contribution in [3.05, 3.63) is 38.5 Å². The summed E-state index contributed by atoms with van der Waals surface area (Å²) in [6, 6.07) is 1.31. The highest BCUT2D eigenvalue weighted by atomic mass is 35.5. The van der Waals surface area contributed by atoms with Gasteiger partial charge in [0.25, 0.3) is 0 Å². The third kappa shape index (κ3) is 3.36. The SMILES string of the molecule is CS(=O)(=O)C1=C(N)N(c2c(Cl)cc(C(F)(F)F)cc2Cl)N(N)C1. The molecule has 0 fully saturated rings. The molecular weight excluding hydrogens is 380 g/mol. The number of sulfone groups is 1. The standard InChI is InChI=1S/C11H11Cl2F3N4O2S/c1-23(21,22)8-4-19(18)20(10(8)17)9-6(12)2-5(3-7(9)13)11(14,15)16/h2-3H,4,17-18H2,1H3. The second-order valence-electron chi connectivity index (χ2n) is 4.78. The molecule has 1 aromatic carbocycles. The van der Waals surface area contributed by atoms with Crippen LogP contribution in [0.25, 0.3) is 0 Å². The summed E-state index contributed by atoms with van der Waals surface area (Å²) in [5.41, 5.74) is 4.57. The summed E-state index contributed by atoms with van der Waals surface area (Å²) >= 11 is 11.8. The minimum Gasteiger partial charge on any atom is -0.383 e.